The molecule has 23 heteroatoms. The van der Waals surface area contributed by atoms with Crippen LogP contribution < -0.4 is 26.6 Å². The van der Waals surface area contributed by atoms with Gasteiger partial charge in [-0.25, -0.2) is 35.6 Å². The van der Waals surface area contributed by atoms with E-state index in [1.54, 1.807) is 11.8 Å². The van der Waals surface area contributed by atoms with Crippen LogP contribution >= 0.6 is 22.6 Å². The van der Waals surface area contributed by atoms with Gasteiger partial charge in [0.25, 0.3) is 5.91 Å². The van der Waals surface area contributed by atoms with Crippen molar-refractivity contribution in [3.63, 3.8) is 0 Å². The van der Waals surface area contributed by atoms with Crippen molar-refractivity contribution in [2.24, 2.45) is 11.0 Å². The van der Waals surface area contributed by atoms with Crippen LogP contribution in [-0.2, 0) is 28.0 Å². The zero-order chi connectivity index (χ0) is 40.5. The third kappa shape index (κ3) is 14.9. The highest BCUT2D eigenvalue weighted by Gasteiger charge is 2.42. The number of unbranched alkanes of at least 4 members (excludes halogenated alkanes) is 4. The fraction of sp³-hybridized carbons (Fsp3) is 0.656. The molecule has 1 aromatic carbocycles. The summed E-state index contributed by atoms with van der Waals surface area (Å²) in [6.07, 6.45) is 6.38. The number of rotatable bonds is 24. The van der Waals surface area contributed by atoms with Crippen molar-refractivity contribution in [1.82, 2.24) is 26.6 Å². The van der Waals surface area contributed by atoms with Crippen molar-refractivity contribution in [2.75, 3.05) is 37.5 Å². The van der Waals surface area contributed by atoms with Gasteiger partial charge in [0.1, 0.15) is 23.9 Å². The quantitative estimate of drug-likeness (QED) is 0.0144. The molecule has 4 atom stereocenters. The number of fused-ring (bicyclic) bond motifs is 1. The number of benzene rings is 1. The summed E-state index contributed by atoms with van der Waals surface area (Å²) in [7, 11) is -2.98. The number of azide groups is 1. The lowest BCUT2D eigenvalue weighted by Crippen LogP contribution is -2.43. The average molecular weight is 841 g/mol. The Hall–Kier alpha value is -3.95. The number of amides is 5. The molecule has 306 valence electrons. The van der Waals surface area contributed by atoms with Crippen LogP contribution in [0.4, 0.5) is 28.0 Å². The molecule has 2 aliphatic heterocycles. The minimum atomic E-state index is -3.46. The van der Waals surface area contributed by atoms with Gasteiger partial charge in [-0.3, -0.25) is 14.4 Å². The number of nitrogens with zero attached hydrogens (tertiary/aromatic N) is 3. The van der Waals surface area contributed by atoms with E-state index in [1.165, 1.54) is 0 Å². The van der Waals surface area contributed by atoms with Crippen molar-refractivity contribution in [2.45, 2.75) is 88.1 Å². The summed E-state index contributed by atoms with van der Waals surface area (Å²) in [5.74, 6) is -10.5. The van der Waals surface area contributed by atoms with Crippen molar-refractivity contribution < 1.29 is 54.7 Å². The van der Waals surface area contributed by atoms with Crippen LogP contribution in [0, 0.1) is 29.2 Å². The molecule has 0 unspecified atom stereocenters. The van der Waals surface area contributed by atoms with Crippen molar-refractivity contribution >= 4 is 66.8 Å². The third-order valence-corrected chi connectivity index (χ3v) is 12.5. The van der Waals surface area contributed by atoms with E-state index in [1.807, 2.05) is 5.32 Å². The molecule has 2 saturated heterocycles. The molecule has 5 N–H and O–H groups in total. The molecule has 1 aromatic rings. The molecule has 0 radical (unpaired) electrons. The molecule has 16 nitrogen and oxygen atoms in total. The number of esters is 1. The predicted molar refractivity (Wildman–Crippen MR) is 197 cm³/mol. The van der Waals surface area contributed by atoms with Crippen LogP contribution in [0.15, 0.2) is 5.11 Å². The number of nitrogens with one attached hydrogen (secondary N) is 5. The largest absolute Gasteiger partial charge is 0.463 e. The van der Waals surface area contributed by atoms with Crippen LogP contribution in [-0.4, -0.2) is 93.1 Å². The molecule has 2 aliphatic rings. The molecule has 2 heterocycles. The molecule has 55 heavy (non-hydrogen) atoms. The lowest BCUT2D eigenvalue weighted by Gasteiger charge is -2.18. The first-order chi connectivity index (χ1) is 26.1. The van der Waals surface area contributed by atoms with Crippen molar-refractivity contribution in [3.8, 4) is 0 Å². The standard InChI is InChI=1S/C32H44F4N8O8S3/c1-55(50,51)54-16-15-52-31(48)19(40-29(47)22-23(33)25(35)28(43-44-37)26(36)24(22)34)10-6-8-14-39-20(45)11-3-2-7-13-38-21(46)12-5-4-9-18-17-53-30-27(18)41-32(49)42-30/h18-19,27,30H,2-17H2,1H3,(H,38,46)(H,39,45)(H,40,47)(H2,41,42,49)/t18-,19+,27-,30+/m1/s1. The minimum Gasteiger partial charge on any atom is -0.463 e. The molecule has 0 bridgehead atoms. The summed E-state index contributed by atoms with van der Waals surface area (Å²) in [5, 5.41) is 16.1. The second kappa shape index (κ2) is 22.6. The third-order valence-electron chi connectivity index (χ3n) is 8.60. The number of halogens is 4. The first-order valence-corrected chi connectivity index (χ1v) is 22.0. The van der Waals surface area contributed by atoms with Gasteiger partial charge in [0, 0.05) is 48.6 Å². The second-order valence-electron chi connectivity index (χ2n) is 12.8. The van der Waals surface area contributed by atoms with Crippen molar-refractivity contribution in [1.29, 1.82) is 0 Å². The van der Waals surface area contributed by atoms with Crippen LogP contribution in [0.1, 0.15) is 81.0 Å². The van der Waals surface area contributed by atoms with E-state index in [2.05, 4.69) is 31.3 Å². The Morgan fingerprint density at radius 2 is 1.56 bits per heavy atom. The van der Waals surface area contributed by atoms with Gasteiger partial charge in [-0.1, -0.05) is 18.0 Å². The van der Waals surface area contributed by atoms with Gasteiger partial charge >= 0.3 is 12.0 Å². The first kappa shape index (κ1) is 45.4. The van der Waals surface area contributed by atoms with E-state index in [4.69, 9.17) is 10.3 Å². The summed E-state index contributed by atoms with van der Waals surface area (Å²) < 4.78 is 85.3. The lowest BCUT2D eigenvalue weighted by atomic mass is 9.96. The van der Waals surface area contributed by atoms with Gasteiger partial charge in [-0.05, 0) is 67.2 Å². The number of urea groups is 1. The van der Waals surface area contributed by atoms with E-state index in [-0.39, 0.29) is 67.2 Å². The SMILES string of the molecule is CS(=O)(=O)SCCOC(=O)[C@H](CCCCNC(=O)CCCCCNC(=O)CCCC[C@@H]1CS[C@@H]2NC(=O)N[C@H]12)NC(=O)c1c(F)c(F)c(N=[N+]=[N-])c(F)c1F. The average Bonchev–Trinajstić information content (AvgIpc) is 3.68. The van der Waals surface area contributed by atoms with Crippen molar-refractivity contribution in [3.05, 3.63) is 39.3 Å². The molecule has 3 rings (SSSR count). The molecule has 0 saturated carbocycles. The topological polar surface area (TPSA) is 238 Å². The summed E-state index contributed by atoms with van der Waals surface area (Å²) in [6.45, 7) is 0.241. The molecule has 5 amide bonds. The molecule has 2 fully saturated rings. The van der Waals surface area contributed by atoms with Gasteiger partial charge in [0.05, 0.1) is 11.4 Å². The van der Waals surface area contributed by atoms with Crippen LogP contribution in [0.3, 0.4) is 0 Å². The highest BCUT2D eigenvalue weighted by Crippen LogP contribution is 2.35. The van der Waals surface area contributed by atoms with E-state index < -0.39 is 67.9 Å². The number of hydrogen-bond acceptors (Lipinski definition) is 11. The van der Waals surface area contributed by atoms with Gasteiger partial charge in [0.2, 0.25) is 11.8 Å². The maximum atomic E-state index is 14.6. The summed E-state index contributed by atoms with van der Waals surface area (Å²) >= 11 is 1.74. The Balaban J connectivity index is 1.34. The zero-order valence-electron chi connectivity index (χ0n) is 30.0. The minimum absolute atomic E-state index is 0.0312. The fourth-order valence-electron chi connectivity index (χ4n) is 5.84. The van der Waals surface area contributed by atoms with Crippen LogP contribution in [0.2, 0.25) is 0 Å². The maximum Gasteiger partial charge on any atom is 0.328 e. The van der Waals surface area contributed by atoms with Crippen LogP contribution in [0.5, 0.6) is 0 Å². The number of hydrogen-bond donors (Lipinski definition) is 5. The number of carbonyl (C=O) groups excluding carboxylic acids is 5. The maximum absolute atomic E-state index is 14.6. The molecular weight excluding hydrogens is 797 g/mol. The summed E-state index contributed by atoms with van der Waals surface area (Å²) in [4.78, 5) is 63.5. The fourth-order valence-corrected chi connectivity index (χ4v) is 8.92. The van der Waals surface area contributed by atoms with E-state index >= 15 is 0 Å². The molecular formula is C32H44F4N8O8S3. The number of thioether (sulfide) groups is 1. The lowest BCUT2D eigenvalue weighted by molar-refractivity contribution is -0.145. The Bertz CT molecular complexity index is 1690. The Morgan fingerprint density at radius 3 is 2.18 bits per heavy atom. The normalized spacial score (nSPS) is 18.0. The molecule has 0 aromatic heterocycles. The van der Waals surface area contributed by atoms with Gasteiger partial charge < -0.3 is 31.3 Å². The first-order valence-electron chi connectivity index (χ1n) is 17.6. The van der Waals surface area contributed by atoms with Gasteiger partial charge in [-0.15, -0.1) is 11.8 Å². The summed E-state index contributed by atoms with van der Waals surface area (Å²) in [6, 6.07) is -1.57. The number of ether oxygens (including phenoxy) is 1. The zero-order valence-corrected chi connectivity index (χ0v) is 32.4. The monoisotopic (exact) mass is 840 g/mol. The molecule has 0 spiro atoms. The Labute approximate surface area is 323 Å². The van der Waals surface area contributed by atoms with E-state index in [9.17, 15) is 50.0 Å². The van der Waals surface area contributed by atoms with Crippen LogP contribution in [0.25, 0.3) is 10.4 Å². The van der Waals surface area contributed by atoms with Gasteiger partial charge in [0.15, 0.2) is 32.1 Å². The predicted octanol–water partition coefficient (Wildman–Crippen LogP) is 4.41. The highest BCUT2D eigenvalue weighted by molar-refractivity contribution is 8.71. The Morgan fingerprint density at radius 1 is 0.945 bits per heavy atom. The summed E-state index contributed by atoms with van der Waals surface area (Å²) in [5.41, 5.74) is 5.07. The number of carbonyl (C=O) groups is 5. The molecule has 0 aliphatic carbocycles. The Kier molecular flexibility index (Phi) is 18.6. The van der Waals surface area contributed by atoms with E-state index in [0.717, 1.165) is 31.3 Å². The smallest absolute Gasteiger partial charge is 0.328 e. The van der Waals surface area contributed by atoms with Gasteiger partial charge in [-0.2, -0.15) is 0 Å². The highest BCUT2D eigenvalue weighted by atomic mass is 33.1. The van der Waals surface area contributed by atoms with E-state index in [0.29, 0.717) is 48.9 Å². The second-order valence-corrected chi connectivity index (χ2v) is 18.5.